The monoisotopic (exact) mass is 283 g/mol. The molecule has 0 amide bonds. The maximum atomic E-state index is 12.5. The van der Waals surface area contributed by atoms with Crippen molar-refractivity contribution in [3.63, 3.8) is 0 Å². The first kappa shape index (κ1) is 14.0. The third-order valence-electron chi connectivity index (χ3n) is 3.11. The van der Waals surface area contributed by atoms with Crippen LogP contribution in [0.5, 0.6) is 0 Å². The summed E-state index contributed by atoms with van der Waals surface area (Å²) in [7, 11) is -3.62. The number of sulfonamides is 1. The third kappa shape index (κ3) is 2.79. The van der Waals surface area contributed by atoms with Crippen molar-refractivity contribution in [3.05, 3.63) is 30.3 Å². The summed E-state index contributed by atoms with van der Waals surface area (Å²) in [6.07, 6.45) is 1.19. The van der Waals surface area contributed by atoms with E-state index < -0.39 is 22.0 Å². The van der Waals surface area contributed by atoms with Gasteiger partial charge in [0.05, 0.1) is 11.5 Å². The Morgan fingerprint density at radius 2 is 2.05 bits per heavy atom. The molecule has 1 aliphatic rings. The zero-order chi connectivity index (χ0) is 13.9. The standard InChI is InChI=1S/C13H17NO4S/c1-2-18-13(15)12-9-6-10-14(12)19(16,17)11-7-4-3-5-8-11/h3-5,7-8,12H,2,6,9-10H2,1H3/t12-/m0/s1. The van der Waals surface area contributed by atoms with Gasteiger partial charge in [0.2, 0.25) is 10.0 Å². The number of benzene rings is 1. The molecule has 2 rings (SSSR count). The van der Waals surface area contributed by atoms with Crippen LogP contribution in [-0.2, 0) is 19.6 Å². The second kappa shape index (κ2) is 5.71. The lowest BCUT2D eigenvalue weighted by atomic mass is 10.2. The Labute approximate surface area is 113 Å². The highest BCUT2D eigenvalue weighted by Gasteiger charge is 2.40. The van der Waals surface area contributed by atoms with E-state index in [9.17, 15) is 13.2 Å². The van der Waals surface area contributed by atoms with E-state index in [1.165, 1.54) is 16.4 Å². The molecule has 0 radical (unpaired) electrons. The molecule has 1 aliphatic heterocycles. The predicted molar refractivity (Wildman–Crippen MR) is 70.0 cm³/mol. The van der Waals surface area contributed by atoms with Crippen LogP contribution in [0, 0.1) is 0 Å². The minimum atomic E-state index is -3.62. The van der Waals surface area contributed by atoms with Gasteiger partial charge in [0, 0.05) is 6.54 Å². The maximum Gasteiger partial charge on any atom is 0.324 e. The average Bonchev–Trinajstić information content (AvgIpc) is 2.90. The quantitative estimate of drug-likeness (QED) is 0.784. The van der Waals surface area contributed by atoms with Crippen LogP contribution in [0.2, 0.25) is 0 Å². The number of rotatable bonds is 4. The Hall–Kier alpha value is -1.40. The molecule has 104 valence electrons. The van der Waals surface area contributed by atoms with Crippen LogP contribution in [0.15, 0.2) is 35.2 Å². The Morgan fingerprint density at radius 1 is 1.37 bits per heavy atom. The second-order valence-corrected chi connectivity index (χ2v) is 6.23. The summed E-state index contributed by atoms with van der Waals surface area (Å²) in [5.74, 6) is -0.459. The fraction of sp³-hybridized carbons (Fsp3) is 0.462. The van der Waals surface area contributed by atoms with Crippen LogP contribution in [0.1, 0.15) is 19.8 Å². The molecule has 1 heterocycles. The van der Waals surface area contributed by atoms with Crippen molar-refractivity contribution < 1.29 is 17.9 Å². The lowest BCUT2D eigenvalue weighted by molar-refractivity contribution is -0.146. The molecule has 1 fully saturated rings. The van der Waals surface area contributed by atoms with Gasteiger partial charge in [-0.3, -0.25) is 4.79 Å². The van der Waals surface area contributed by atoms with Gasteiger partial charge in [0.1, 0.15) is 6.04 Å². The molecule has 0 aliphatic carbocycles. The molecule has 0 spiro atoms. The number of hydrogen-bond donors (Lipinski definition) is 0. The molecule has 0 unspecified atom stereocenters. The smallest absolute Gasteiger partial charge is 0.324 e. The number of nitrogens with zero attached hydrogens (tertiary/aromatic N) is 1. The lowest BCUT2D eigenvalue weighted by Gasteiger charge is -2.22. The molecular weight excluding hydrogens is 266 g/mol. The van der Waals surface area contributed by atoms with Crippen LogP contribution < -0.4 is 0 Å². The van der Waals surface area contributed by atoms with Gasteiger partial charge in [0.25, 0.3) is 0 Å². The van der Waals surface area contributed by atoms with Crippen molar-refractivity contribution in [1.82, 2.24) is 4.31 Å². The van der Waals surface area contributed by atoms with Crippen LogP contribution in [0.4, 0.5) is 0 Å². The summed E-state index contributed by atoms with van der Waals surface area (Å²) in [6.45, 7) is 2.33. The van der Waals surface area contributed by atoms with Crippen molar-refractivity contribution in [2.24, 2.45) is 0 Å². The van der Waals surface area contributed by atoms with E-state index >= 15 is 0 Å². The fourth-order valence-corrected chi connectivity index (χ4v) is 3.90. The van der Waals surface area contributed by atoms with Crippen molar-refractivity contribution in [2.45, 2.75) is 30.7 Å². The van der Waals surface area contributed by atoms with Crippen LogP contribution in [0.25, 0.3) is 0 Å². The van der Waals surface area contributed by atoms with Gasteiger partial charge in [-0.05, 0) is 31.9 Å². The Balaban J connectivity index is 2.27. The Morgan fingerprint density at radius 3 is 2.68 bits per heavy atom. The maximum absolute atomic E-state index is 12.5. The first-order valence-electron chi connectivity index (χ1n) is 6.31. The van der Waals surface area contributed by atoms with Gasteiger partial charge in [-0.25, -0.2) is 8.42 Å². The van der Waals surface area contributed by atoms with Gasteiger partial charge in [-0.2, -0.15) is 4.31 Å². The van der Waals surface area contributed by atoms with E-state index in [0.29, 0.717) is 19.4 Å². The number of hydrogen-bond acceptors (Lipinski definition) is 4. The molecule has 1 saturated heterocycles. The highest BCUT2D eigenvalue weighted by Crippen LogP contribution is 2.26. The summed E-state index contributed by atoms with van der Waals surface area (Å²) in [5, 5.41) is 0. The molecule has 5 nitrogen and oxygen atoms in total. The van der Waals surface area contributed by atoms with E-state index in [2.05, 4.69) is 0 Å². The van der Waals surface area contributed by atoms with Crippen LogP contribution in [0.3, 0.4) is 0 Å². The average molecular weight is 283 g/mol. The molecule has 0 saturated carbocycles. The first-order chi connectivity index (χ1) is 9.07. The lowest BCUT2D eigenvalue weighted by Crippen LogP contribution is -2.41. The van der Waals surface area contributed by atoms with E-state index in [4.69, 9.17) is 4.74 Å². The summed E-state index contributed by atoms with van der Waals surface area (Å²) in [4.78, 5) is 12.0. The first-order valence-corrected chi connectivity index (χ1v) is 7.75. The molecule has 1 aromatic rings. The van der Waals surface area contributed by atoms with Gasteiger partial charge in [-0.1, -0.05) is 18.2 Å². The molecule has 0 N–H and O–H groups in total. The van der Waals surface area contributed by atoms with E-state index in [0.717, 1.165) is 0 Å². The molecule has 6 heteroatoms. The Kier molecular flexibility index (Phi) is 4.21. The van der Waals surface area contributed by atoms with Crippen molar-refractivity contribution in [3.8, 4) is 0 Å². The molecule has 0 bridgehead atoms. The van der Waals surface area contributed by atoms with Crippen molar-refractivity contribution >= 4 is 16.0 Å². The van der Waals surface area contributed by atoms with Gasteiger partial charge in [0.15, 0.2) is 0 Å². The molecule has 0 aromatic heterocycles. The largest absolute Gasteiger partial charge is 0.465 e. The number of carbonyl (C=O) groups excluding carboxylic acids is 1. The zero-order valence-electron chi connectivity index (χ0n) is 10.8. The topological polar surface area (TPSA) is 63.7 Å². The van der Waals surface area contributed by atoms with Crippen LogP contribution >= 0.6 is 0 Å². The van der Waals surface area contributed by atoms with Crippen molar-refractivity contribution in [1.29, 1.82) is 0 Å². The van der Waals surface area contributed by atoms with Crippen molar-refractivity contribution in [2.75, 3.05) is 13.2 Å². The van der Waals surface area contributed by atoms with E-state index in [1.54, 1.807) is 25.1 Å². The zero-order valence-corrected chi connectivity index (χ0v) is 11.6. The highest BCUT2D eigenvalue weighted by atomic mass is 32.2. The number of ether oxygens (including phenoxy) is 1. The molecular formula is C13H17NO4S. The third-order valence-corrected chi connectivity index (χ3v) is 5.03. The number of carbonyl (C=O) groups is 1. The second-order valence-electron chi connectivity index (χ2n) is 4.34. The summed E-state index contributed by atoms with van der Waals surface area (Å²) >= 11 is 0. The number of esters is 1. The van der Waals surface area contributed by atoms with E-state index in [1.807, 2.05) is 0 Å². The fourth-order valence-electron chi connectivity index (χ4n) is 2.23. The Bertz CT molecular complexity index is 541. The van der Waals surface area contributed by atoms with Gasteiger partial charge >= 0.3 is 5.97 Å². The van der Waals surface area contributed by atoms with Gasteiger partial charge < -0.3 is 4.74 Å². The SMILES string of the molecule is CCOC(=O)[C@@H]1CCCN1S(=O)(=O)c1ccccc1. The van der Waals surface area contributed by atoms with E-state index in [-0.39, 0.29) is 11.5 Å². The van der Waals surface area contributed by atoms with Crippen LogP contribution in [-0.4, -0.2) is 37.9 Å². The normalized spacial score (nSPS) is 20.4. The summed E-state index contributed by atoms with van der Waals surface area (Å²) < 4.78 is 31.1. The minimum absolute atomic E-state index is 0.214. The predicted octanol–water partition coefficient (Wildman–Crippen LogP) is 1.40. The molecule has 1 atom stereocenters. The van der Waals surface area contributed by atoms with Gasteiger partial charge in [-0.15, -0.1) is 0 Å². The molecule has 1 aromatic carbocycles. The minimum Gasteiger partial charge on any atom is -0.465 e. The highest BCUT2D eigenvalue weighted by molar-refractivity contribution is 7.89. The summed E-state index contributed by atoms with van der Waals surface area (Å²) in [6, 6.07) is 7.48. The molecule has 19 heavy (non-hydrogen) atoms. The summed E-state index contributed by atoms with van der Waals surface area (Å²) in [5.41, 5.74) is 0.